The molecule has 2 aromatic rings. The van der Waals surface area contributed by atoms with Crippen molar-refractivity contribution in [1.29, 1.82) is 0 Å². The predicted molar refractivity (Wildman–Crippen MR) is 112 cm³/mol. The Kier molecular flexibility index (Phi) is 5.94. The van der Waals surface area contributed by atoms with Crippen LogP contribution in [0.2, 0.25) is 0 Å². The molecule has 2 aromatic carbocycles. The van der Waals surface area contributed by atoms with E-state index in [9.17, 15) is 8.78 Å². The maximum atomic E-state index is 14.0. The van der Waals surface area contributed by atoms with Crippen molar-refractivity contribution in [2.75, 3.05) is 0 Å². The average Bonchev–Trinajstić information content (AvgIpc) is 2.75. The van der Waals surface area contributed by atoms with Crippen molar-refractivity contribution >= 4 is 5.57 Å². The van der Waals surface area contributed by atoms with Crippen molar-refractivity contribution in [3.8, 4) is 0 Å². The molecular weight excluding hydrogens is 350 g/mol. The smallest absolute Gasteiger partial charge is 0.162 e. The predicted octanol–water partition coefficient (Wildman–Crippen LogP) is 7.61. The summed E-state index contributed by atoms with van der Waals surface area (Å²) in [6.07, 6.45) is 12.7. The second-order valence-electron chi connectivity index (χ2n) is 8.59. The number of hydrogen-bond donors (Lipinski definition) is 0. The highest BCUT2D eigenvalue weighted by Gasteiger charge is 2.22. The van der Waals surface area contributed by atoms with Crippen molar-refractivity contribution in [3.05, 3.63) is 76.4 Å². The van der Waals surface area contributed by atoms with Crippen molar-refractivity contribution in [3.63, 3.8) is 0 Å². The third-order valence-electron chi connectivity index (χ3n) is 6.79. The minimum Gasteiger partial charge on any atom is -0.204 e. The highest BCUT2D eigenvalue weighted by molar-refractivity contribution is 5.70. The van der Waals surface area contributed by atoms with Gasteiger partial charge in [0.15, 0.2) is 11.6 Å². The van der Waals surface area contributed by atoms with E-state index < -0.39 is 11.6 Å². The van der Waals surface area contributed by atoms with Crippen LogP contribution in [0.4, 0.5) is 8.78 Å². The van der Waals surface area contributed by atoms with E-state index in [-0.39, 0.29) is 0 Å². The lowest BCUT2D eigenvalue weighted by molar-refractivity contribution is 0.304. The van der Waals surface area contributed by atoms with Crippen LogP contribution in [0.15, 0.2) is 42.5 Å². The van der Waals surface area contributed by atoms with Gasteiger partial charge in [0.2, 0.25) is 0 Å². The largest absolute Gasteiger partial charge is 0.204 e. The van der Waals surface area contributed by atoms with Gasteiger partial charge in [0.1, 0.15) is 0 Å². The summed E-state index contributed by atoms with van der Waals surface area (Å²) in [6, 6.07) is 12.0. The molecule has 0 radical (unpaired) electrons. The molecule has 0 bridgehead atoms. The molecule has 0 nitrogen and oxygen atoms in total. The number of allylic oxidation sites excluding steroid dienone is 2. The van der Waals surface area contributed by atoms with Gasteiger partial charge in [-0.25, -0.2) is 8.78 Å². The second kappa shape index (κ2) is 8.59. The van der Waals surface area contributed by atoms with E-state index in [4.69, 9.17) is 0 Å². The van der Waals surface area contributed by atoms with E-state index in [1.807, 2.05) is 0 Å². The third kappa shape index (κ3) is 4.06. The summed E-state index contributed by atoms with van der Waals surface area (Å²) in [4.78, 5) is 0. The van der Waals surface area contributed by atoms with Crippen LogP contribution >= 0.6 is 0 Å². The van der Waals surface area contributed by atoms with E-state index in [0.29, 0.717) is 24.3 Å². The molecule has 0 amide bonds. The molecule has 1 fully saturated rings. The summed E-state index contributed by atoms with van der Waals surface area (Å²) in [7, 11) is 0. The number of rotatable bonds is 5. The summed E-state index contributed by atoms with van der Waals surface area (Å²) >= 11 is 0. The molecule has 2 heteroatoms. The van der Waals surface area contributed by atoms with Gasteiger partial charge >= 0.3 is 0 Å². The third-order valence-corrected chi connectivity index (χ3v) is 6.79. The highest BCUT2D eigenvalue weighted by atomic mass is 19.2. The quantitative estimate of drug-likeness (QED) is 0.501. The molecule has 0 N–H and O–H groups in total. The van der Waals surface area contributed by atoms with Gasteiger partial charge in [-0.2, -0.15) is 0 Å². The molecule has 0 unspecified atom stereocenters. The van der Waals surface area contributed by atoms with Crippen LogP contribution in [-0.4, -0.2) is 0 Å². The van der Waals surface area contributed by atoms with Crippen LogP contribution in [0.5, 0.6) is 0 Å². The fraction of sp³-hybridized carbons (Fsp3) is 0.462. The van der Waals surface area contributed by atoms with E-state index >= 15 is 0 Å². The topological polar surface area (TPSA) is 0 Å². The van der Waals surface area contributed by atoms with Gasteiger partial charge < -0.3 is 0 Å². The number of unbranched alkanes of at least 4 members (excludes halogenated alkanes) is 1. The zero-order valence-electron chi connectivity index (χ0n) is 16.8. The highest BCUT2D eigenvalue weighted by Crippen LogP contribution is 2.38. The number of halogens is 2. The Bertz CT molecular complexity index is 839. The van der Waals surface area contributed by atoms with Gasteiger partial charge in [-0.05, 0) is 84.3 Å². The molecule has 1 saturated carbocycles. The number of hydrogen-bond acceptors (Lipinski definition) is 0. The molecule has 0 aliphatic heterocycles. The summed E-state index contributed by atoms with van der Waals surface area (Å²) in [5.41, 5.74) is 5.30. The molecule has 0 aromatic heterocycles. The fourth-order valence-electron chi connectivity index (χ4n) is 4.99. The molecule has 2 aliphatic carbocycles. The molecule has 0 spiro atoms. The van der Waals surface area contributed by atoms with Gasteiger partial charge in [-0.3, -0.25) is 0 Å². The maximum Gasteiger partial charge on any atom is 0.162 e. The van der Waals surface area contributed by atoms with Crippen LogP contribution < -0.4 is 0 Å². The van der Waals surface area contributed by atoms with Gasteiger partial charge in [0.25, 0.3) is 0 Å². The molecule has 148 valence electrons. The van der Waals surface area contributed by atoms with E-state index in [0.717, 1.165) is 11.5 Å². The first kappa shape index (κ1) is 19.4. The van der Waals surface area contributed by atoms with Gasteiger partial charge in [0.05, 0.1) is 0 Å². The Balaban J connectivity index is 1.41. The van der Waals surface area contributed by atoms with Crippen molar-refractivity contribution in [1.82, 2.24) is 0 Å². The molecule has 0 heterocycles. The Hall–Kier alpha value is -1.96. The molecule has 0 atom stereocenters. The first-order valence-corrected chi connectivity index (χ1v) is 10.9. The Labute approximate surface area is 167 Å². The first-order valence-electron chi connectivity index (χ1n) is 10.9. The first-order chi connectivity index (χ1) is 13.7. The number of fused-ring (bicyclic) bond motifs is 1. The summed E-state index contributed by atoms with van der Waals surface area (Å²) in [5.74, 6) is 0.209. The van der Waals surface area contributed by atoms with E-state index in [1.54, 1.807) is 6.07 Å². The standard InChI is InChI=1S/C26H30F2/c1-2-3-4-18-5-7-19(8-6-18)20-9-11-21(12-10-20)22-13-15-24-23(17-22)14-16-25(27)26(24)28/h9-14,16,18-19H,2-8,15,17H2,1H3. The van der Waals surface area contributed by atoms with Crippen LogP contribution in [0, 0.1) is 17.6 Å². The minimum atomic E-state index is -0.746. The molecule has 28 heavy (non-hydrogen) atoms. The number of benzene rings is 2. The average molecular weight is 381 g/mol. The summed E-state index contributed by atoms with van der Waals surface area (Å²) in [6.45, 7) is 2.28. The van der Waals surface area contributed by atoms with Crippen LogP contribution in [0.3, 0.4) is 0 Å². The Morgan fingerprint density at radius 3 is 2.39 bits per heavy atom. The fourth-order valence-corrected chi connectivity index (χ4v) is 4.99. The van der Waals surface area contributed by atoms with Crippen molar-refractivity contribution in [2.45, 2.75) is 70.6 Å². The lowest BCUT2D eigenvalue weighted by Crippen LogP contribution is -2.13. The molecule has 0 saturated heterocycles. The van der Waals surface area contributed by atoms with Crippen LogP contribution in [0.1, 0.15) is 80.0 Å². The molecule has 4 rings (SSSR count). The second-order valence-corrected chi connectivity index (χ2v) is 8.59. The monoisotopic (exact) mass is 380 g/mol. The summed E-state index contributed by atoms with van der Waals surface area (Å²) < 4.78 is 27.4. The van der Waals surface area contributed by atoms with Gasteiger partial charge in [-0.15, -0.1) is 0 Å². The SMILES string of the molecule is CCCCC1CCC(c2ccc(C3=CCc4c(ccc(F)c4F)C3)cc2)CC1. The van der Waals surface area contributed by atoms with Crippen LogP contribution in [0.25, 0.3) is 5.57 Å². The molecule has 2 aliphatic rings. The lowest BCUT2D eigenvalue weighted by Gasteiger charge is -2.29. The van der Waals surface area contributed by atoms with E-state index in [1.165, 1.54) is 67.7 Å². The Morgan fingerprint density at radius 1 is 0.929 bits per heavy atom. The molecular formula is C26H30F2. The van der Waals surface area contributed by atoms with Gasteiger partial charge in [0, 0.05) is 0 Å². The van der Waals surface area contributed by atoms with Gasteiger partial charge in [-0.1, -0.05) is 62.6 Å². The Morgan fingerprint density at radius 2 is 1.68 bits per heavy atom. The zero-order valence-corrected chi connectivity index (χ0v) is 16.8. The van der Waals surface area contributed by atoms with E-state index in [2.05, 4.69) is 37.3 Å². The van der Waals surface area contributed by atoms with Crippen LogP contribution in [-0.2, 0) is 12.8 Å². The van der Waals surface area contributed by atoms with Crippen molar-refractivity contribution < 1.29 is 8.78 Å². The maximum absolute atomic E-state index is 14.0. The minimum absolute atomic E-state index is 0.470. The van der Waals surface area contributed by atoms with Crippen molar-refractivity contribution in [2.24, 2.45) is 5.92 Å². The summed E-state index contributed by atoms with van der Waals surface area (Å²) in [5, 5.41) is 0. The lowest BCUT2D eigenvalue weighted by atomic mass is 9.77. The zero-order chi connectivity index (χ0) is 19.5. The normalized spacial score (nSPS) is 21.9.